The van der Waals surface area contributed by atoms with E-state index in [-0.39, 0.29) is 21.1 Å². The molecule has 0 fully saturated rings. The van der Waals surface area contributed by atoms with Crippen molar-refractivity contribution in [3.05, 3.63) is 34.2 Å². The maximum atomic E-state index is 13.1. The lowest BCUT2D eigenvalue weighted by Crippen LogP contribution is -2.26. The second-order valence-electron chi connectivity index (χ2n) is 3.40. The fraction of sp³-hybridized carbons (Fsp3) is 0.200. The number of alkyl halides is 4. The number of hydrogen-bond acceptors (Lipinski definition) is 2. The van der Waals surface area contributed by atoms with Gasteiger partial charge in [0.15, 0.2) is 0 Å². The number of benzene rings is 1. The molecule has 2 aromatic rings. The molecule has 0 saturated carbocycles. The molecule has 0 aliphatic heterocycles. The van der Waals surface area contributed by atoms with Crippen molar-refractivity contribution in [1.82, 2.24) is 9.97 Å². The molecule has 0 unspecified atom stereocenters. The number of hydrogen-bond donors (Lipinski definition) is 0. The Morgan fingerprint density at radius 3 is 2.39 bits per heavy atom. The van der Waals surface area contributed by atoms with Gasteiger partial charge in [-0.1, -0.05) is 29.3 Å². The Kier molecular flexibility index (Phi) is 3.33. The second-order valence-corrected chi connectivity index (χ2v) is 4.16. The molecule has 2 rings (SSSR count). The first kappa shape index (κ1) is 13.3. The molecule has 8 heteroatoms. The summed E-state index contributed by atoms with van der Waals surface area (Å²) in [4.78, 5) is 6.57. The Morgan fingerprint density at radius 1 is 1.11 bits per heavy atom. The van der Waals surface area contributed by atoms with E-state index in [2.05, 4.69) is 9.97 Å². The molecule has 0 radical (unpaired) electrons. The molecule has 2 nitrogen and oxygen atoms in total. The highest BCUT2D eigenvalue weighted by Crippen LogP contribution is 2.35. The summed E-state index contributed by atoms with van der Waals surface area (Å²) in [5.41, 5.74) is -0.0159. The molecule has 1 heterocycles. The molecular weight excluding hydrogens is 295 g/mol. The zero-order valence-electron chi connectivity index (χ0n) is 8.47. The number of halogens is 6. The maximum absolute atomic E-state index is 13.1. The lowest BCUT2D eigenvalue weighted by Gasteiger charge is -2.14. The predicted octanol–water partition coefficient (Wildman–Crippen LogP) is 4.29. The maximum Gasteiger partial charge on any atom is 0.365 e. The van der Waals surface area contributed by atoms with Gasteiger partial charge in [0.25, 0.3) is 0 Å². The highest BCUT2D eigenvalue weighted by Gasteiger charge is 2.46. The minimum absolute atomic E-state index is 0.0159. The highest BCUT2D eigenvalue weighted by molar-refractivity contribution is 6.41. The van der Waals surface area contributed by atoms with Crippen molar-refractivity contribution in [1.29, 1.82) is 0 Å². The van der Waals surface area contributed by atoms with Gasteiger partial charge in [-0.05, 0) is 12.1 Å². The van der Waals surface area contributed by atoms with Crippen LogP contribution in [0.3, 0.4) is 0 Å². The lowest BCUT2D eigenvalue weighted by atomic mass is 10.2. The van der Waals surface area contributed by atoms with Crippen LogP contribution in [0.2, 0.25) is 10.2 Å². The Labute approximate surface area is 109 Å². The monoisotopic (exact) mass is 298 g/mol. The van der Waals surface area contributed by atoms with Crippen molar-refractivity contribution in [2.75, 3.05) is 0 Å². The van der Waals surface area contributed by atoms with E-state index >= 15 is 0 Å². The Hall–Kier alpha value is -1.14. The molecule has 0 aliphatic carbocycles. The van der Waals surface area contributed by atoms with Gasteiger partial charge in [-0.25, -0.2) is 18.7 Å². The van der Waals surface area contributed by atoms with Gasteiger partial charge in [-0.15, -0.1) is 0 Å². The van der Waals surface area contributed by atoms with Crippen molar-refractivity contribution in [2.45, 2.75) is 12.3 Å². The average molecular weight is 299 g/mol. The first-order valence-electron chi connectivity index (χ1n) is 4.62. The Balaban J connectivity index is 2.71. The van der Waals surface area contributed by atoms with E-state index in [1.165, 1.54) is 18.2 Å². The van der Waals surface area contributed by atoms with Crippen molar-refractivity contribution < 1.29 is 17.6 Å². The largest absolute Gasteiger partial charge is 0.365 e. The summed E-state index contributed by atoms with van der Waals surface area (Å²) in [6, 6.07) is 4.24. The molecule has 18 heavy (non-hydrogen) atoms. The van der Waals surface area contributed by atoms with Crippen LogP contribution in [0.1, 0.15) is 5.82 Å². The molecular formula is C10H4Cl2F4N2. The van der Waals surface area contributed by atoms with E-state index in [4.69, 9.17) is 23.2 Å². The quantitative estimate of drug-likeness (QED) is 0.610. The van der Waals surface area contributed by atoms with Gasteiger partial charge in [-0.3, -0.25) is 0 Å². The summed E-state index contributed by atoms with van der Waals surface area (Å²) < 4.78 is 50.7. The number of nitrogens with zero attached hydrogens (tertiary/aromatic N) is 2. The van der Waals surface area contributed by atoms with E-state index < -0.39 is 18.2 Å². The van der Waals surface area contributed by atoms with Crippen molar-refractivity contribution in [3.8, 4) is 0 Å². The van der Waals surface area contributed by atoms with E-state index in [1.54, 1.807) is 0 Å². The first-order valence-corrected chi connectivity index (χ1v) is 5.38. The van der Waals surface area contributed by atoms with Crippen LogP contribution < -0.4 is 0 Å². The number of rotatable bonds is 2. The van der Waals surface area contributed by atoms with Gasteiger partial charge in [-0.2, -0.15) is 8.78 Å². The van der Waals surface area contributed by atoms with Gasteiger partial charge in [0.2, 0.25) is 5.82 Å². The molecule has 0 amide bonds. The van der Waals surface area contributed by atoms with Crippen LogP contribution >= 0.6 is 23.2 Å². The van der Waals surface area contributed by atoms with Crippen LogP contribution in [0.15, 0.2) is 18.2 Å². The first-order chi connectivity index (χ1) is 8.34. The van der Waals surface area contributed by atoms with Crippen LogP contribution in [-0.2, 0) is 5.92 Å². The molecule has 0 bridgehead atoms. The third kappa shape index (κ3) is 2.10. The topological polar surface area (TPSA) is 25.8 Å². The molecule has 0 spiro atoms. The minimum Gasteiger partial charge on any atom is -0.227 e. The average Bonchev–Trinajstić information content (AvgIpc) is 2.28. The van der Waals surface area contributed by atoms with Gasteiger partial charge >= 0.3 is 12.3 Å². The van der Waals surface area contributed by atoms with Gasteiger partial charge in [0.05, 0.1) is 15.9 Å². The van der Waals surface area contributed by atoms with Crippen molar-refractivity contribution in [2.24, 2.45) is 0 Å². The minimum atomic E-state index is -4.46. The summed E-state index contributed by atoms with van der Waals surface area (Å²) in [6.07, 6.45) is -3.91. The Morgan fingerprint density at radius 2 is 1.78 bits per heavy atom. The fourth-order valence-electron chi connectivity index (χ4n) is 1.34. The number of aromatic nitrogens is 2. The number of fused-ring (bicyclic) bond motifs is 1. The molecule has 96 valence electrons. The van der Waals surface area contributed by atoms with Crippen LogP contribution in [0, 0.1) is 0 Å². The SMILES string of the molecule is FC(F)C(F)(F)c1nc(Cl)c2c(Cl)cccc2n1. The molecule has 0 saturated heterocycles. The third-order valence-corrected chi connectivity index (χ3v) is 2.79. The fourth-order valence-corrected chi connectivity index (χ4v) is 1.93. The zero-order chi connectivity index (χ0) is 13.5. The molecule has 0 N–H and O–H groups in total. The summed E-state index contributed by atoms with van der Waals surface area (Å²) in [5.74, 6) is -5.78. The smallest absolute Gasteiger partial charge is 0.227 e. The summed E-state index contributed by atoms with van der Waals surface area (Å²) in [7, 11) is 0. The van der Waals surface area contributed by atoms with Crippen LogP contribution in [-0.4, -0.2) is 16.4 Å². The second kappa shape index (κ2) is 4.51. The summed E-state index contributed by atoms with van der Waals surface area (Å²) in [6.45, 7) is 0. The van der Waals surface area contributed by atoms with Crippen LogP contribution in [0.5, 0.6) is 0 Å². The third-order valence-electron chi connectivity index (χ3n) is 2.20. The van der Waals surface area contributed by atoms with E-state index in [9.17, 15) is 17.6 Å². The molecule has 0 atom stereocenters. The highest BCUT2D eigenvalue weighted by atomic mass is 35.5. The standard InChI is InChI=1S/C10H4Cl2F4N2/c11-4-2-1-3-5-6(4)7(12)18-9(17-5)10(15,16)8(13)14/h1-3,8H. The molecule has 1 aromatic carbocycles. The van der Waals surface area contributed by atoms with E-state index in [1.807, 2.05) is 0 Å². The lowest BCUT2D eigenvalue weighted by molar-refractivity contribution is -0.140. The van der Waals surface area contributed by atoms with Gasteiger partial charge in [0, 0.05) is 0 Å². The molecule has 1 aromatic heterocycles. The summed E-state index contributed by atoms with van der Waals surface area (Å²) in [5, 5.41) is -0.0833. The summed E-state index contributed by atoms with van der Waals surface area (Å²) >= 11 is 11.5. The predicted molar refractivity (Wildman–Crippen MR) is 59.5 cm³/mol. The van der Waals surface area contributed by atoms with Crippen LogP contribution in [0.25, 0.3) is 10.9 Å². The molecule has 0 aliphatic rings. The van der Waals surface area contributed by atoms with Crippen LogP contribution in [0.4, 0.5) is 17.6 Å². The van der Waals surface area contributed by atoms with Crippen molar-refractivity contribution >= 4 is 34.1 Å². The van der Waals surface area contributed by atoms with Gasteiger partial charge < -0.3 is 0 Å². The zero-order valence-corrected chi connectivity index (χ0v) is 9.98. The normalized spacial score (nSPS) is 12.4. The van der Waals surface area contributed by atoms with E-state index in [0.717, 1.165) is 0 Å². The van der Waals surface area contributed by atoms with E-state index in [0.29, 0.717) is 0 Å². The van der Waals surface area contributed by atoms with Gasteiger partial charge in [0.1, 0.15) is 5.15 Å². The van der Waals surface area contributed by atoms with Crippen molar-refractivity contribution in [3.63, 3.8) is 0 Å². The Bertz CT molecular complexity index is 604.